The van der Waals surface area contributed by atoms with Crippen LogP contribution < -0.4 is 5.32 Å². The normalized spacial score (nSPS) is 29.5. The Morgan fingerprint density at radius 1 is 1.19 bits per heavy atom. The van der Waals surface area contributed by atoms with E-state index in [4.69, 9.17) is 0 Å². The van der Waals surface area contributed by atoms with Crippen LogP contribution >= 0.6 is 0 Å². The Hall–Kier alpha value is -2.08. The number of piperidine rings is 1. The predicted molar refractivity (Wildman–Crippen MR) is 99.7 cm³/mol. The smallest absolute Gasteiger partial charge is 0.317 e. The predicted octanol–water partition coefficient (Wildman–Crippen LogP) is 2.40. The number of urea groups is 1. The molecule has 4 unspecified atom stereocenters. The first-order valence-electron chi connectivity index (χ1n) is 9.50. The van der Waals surface area contributed by atoms with Gasteiger partial charge in [0.1, 0.15) is 0 Å². The van der Waals surface area contributed by atoms with Gasteiger partial charge in [0.2, 0.25) is 0 Å². The van der Waals surface area contributed by atoms with E-state index in [9.17, 15) is 14.7 Å². The number of aliphatic carboxylic acids is 1. The fourth-order valence-electron chi connectivity index (χ4n) is 4.18. The molecule has 0 bridgehead atoms. The third kappa shape index (κ3) is 4.36. The van der Waals surface area contributed by atoms with Crippen molar-refractivity contribution in [1.29, 1.82) is 0 Å². The molecule has 1 aromatic carbocycles. The van der Waals surface area contributed by atoms with Crippen molar-refractivity contribution >= 4 is 12.0 Å². The second kappa shape index (κ2) is 8.08. The van der Waals surface area contributed by atoms with Crippen LogP contribution in [0.1, 0.15) is 32.3 Å². The Bertz CT molecular complexity index is 636. The molecule has 0 spiro atoms. The topological polar surface area (TPSA) is 72.9 Å². The Morgan fingerprint density at radius 3 is 2.62 bits per heavy atom. The maximum atomic E-state index is 12.7. The van der Waals surface area contributed by atoms with Gasteiger partial charge in [-0.25, -0.2) is 4.79 Å². The van der Waals surface area contributed by atoms with Gasteiger partial charge in [0.05, 0.1) is 5.92 Å². The minimum atomic E-state index is -0.808. The molecule has 142 valence electrons. The summed E-state index contributed by atoms with van der Waals surface area (Å²) in [7, 11) is 0. The number of amides is 2. The molecule has 1 aromatic rings. The van der Waals surface area contributed by atoms with Gasteiger partial charge in [0, 0.05) is 38.3 Å². The molecular weight excluding hydrogens is 330 g/mol. The molecule has 0 radical (unpaired) electrons. The molecule has 6 heteroatoms. The number of nitrogens with one attached hydrogen (secondary N) is 1. The molecule has 6 nitrogen and oxygen atoms in total. The van der Waals surface area contributed by atoms with Gasteiger partial charge >= 0.3 is 12.0 Å². The monoisotopic (exact) mass is 359 g/mol. The van der Waals surface area contributed by atoms with E-state index in [1.54, 1.807) is 4.90 Å². The Kier molecular flexibility index (Phi) is 5.81. The molecule has 4 atom stereocenters. The molecule has 2 saturated heterocycles. The van der Waals surface area contributed by atoms with Crippen molar-refractivity contribution in [2.24, 2.45) is 11.8 Å². The summed E-state index contributed by atoms with van der Waals surface area (Å²) >= 11 is 0. The quantitative estimate of drug-likeness (QED) is 0.866. The molecule has 2 fully saturated rings. The largest absolute Gasteiger partial charge is 0.481 e. The average Bonchev–Trinajstić information content (AvgIpc) is 2.95. The van der Waals surface area contributed by atoms with Crippen molar-refractivity contribution in [2.45, 2.75) is 45.3 Å². The Labute approximate surface area is 155 Å². The van der Waals surface area contributed by atoms with Crippen LogP contribution in [0.25, 0.3) is 0 Å². The highest BCUT2D eigenvalue weighted by atomic mass is 16.4. The van der Waals surface area contributed by atoms with Gasteiger partial charge in [-0.2, -0.15) is 0 Å². The minimum Gasteiger partial charge on any atom is -0.481 e. The van der Waals surface area contributed by atoms with Gasteiger partial charge in [-0.05, 0) is 31.2 Å². The zero-order chi connectivity index (χ0) is 18.7. The fourth-order valence-corrected chi connectivity index (χ4v) is 4.18. The van der Waals surface area contributed by atoms with Crippen molar-refractivity contribution in [2.75, 3.05) is 19.6 Å². The van der Waals surface area contributed by atoms with E-state index < -0.39 is 11.9 Å². The third-order valence-corrected chi connectivity index (χ3v) is 5.72. The van der Waals surface area contributed by atoms with E-state index in [-0.39, 0.29) is 24.0 Å². The standard InChI is InChI=1S/C20H29N3O3/c1-14-10-17(19(24)25)13-23(11-14)20(26)21-18-8-9-22(15(18)2)12-16-6-4-3-5-7-16/h3-7,14-15,17-18H,8-13H2,1-2H3,(H,21,26)(H,24,25). The van der Waals surface area contributed by atoms with E-state index in [1.165, 1.54) is 5.56 Å². The molecule has 2 aliphatic heterocycles. The summed E-state index contributed by atoms with van der Waals surface area (Å²) in [6.45, 7) is 6.94. The lowest BCUT2D eigenvalue weighted by Crippen LogP contribution is -2.53. The maximum Gasteiger partial charge on any atom is 0.317 e. The van der Waals surface area contributed by atoms with Crippen LogP contribution in [0.15, 0.2) is 30.3 Å². The first-order chi connectivity index (χ1) is 12.4. The van der Waals surface area contributed by atoms with Crippen LogP contribution in [0.2, 0.25) is 0 Å². The van der Waals surface area contributed by atoms with Gasteiger partial charge in [0.25, 0.3) is 0 Å². The number of nitrogens with zero attached hydrogens (tertiary/aromatic N) is 2. The van der Waals surface area contributed by atoms with Crippen molar-refractivity contribution in [3.63, 3.8) is 0 Å². The number of carbonyl (C=O) groups excluding carboxylic acids is 1. The van der Waals surface area contributed by atoms with Gasteiger partial charge < -0.3 is 15.3 Å². The molecule has 2 N–H and O–H groups in total. The van der Waals surface area contributed by atoms with Gasteiger partial charge in [-0.15, -0.1) is 0 Å². The van der Waals surface area contributed by atoms with E-state index in [2.05, 4.69) is 29.3 Å². The highest BCUT2D eigenvalue weighted by Crippen LogP contribution is 2.24. The number of rotatable bonds is 4. The summed E-state index contributed by atoms with van der Waals surface area (Å²) in [6.07, 6.45) is 1.56. The van der Waals surface area contributed by atoms with Crippen molar-refractivity contribution in [1.82, 2.24) is 15.1 Å². The summed E-state index contributed by atoms with van der Waals surface area (Å²) < 4.78 is 0. The number of hydrogen-bond donors (Lipinski definition) is 2. The molecule has 0 aromatic heterocycles. The molecule has 2 amide bonds. The van der Waals surface area contributed by atoms with Crippen molar-refractivity contribution in [3.8, 4) is 0 Å². The number of carboxylic acids is 1. The van der Waals surface area contributed by atoms with Crippen LogP contribution in [0.3, 0.4) is 0 Å². The molecule has 26 heavy (non-hydrogen) atoms. The van der Waals surface area contributed by atoms with Gasteiger partial charge in [-0.1, -0.05) is 37.3 Å². The van der Waals surface area contributed by atoms with Gasteiger partial charge in [-0.3, -0.25) is 9.69 Å². The van der Waals surface area contributed by atoms with Crippen molar-refractivity contribution in [3.05, 3.63) is 35.9 Å². The number of carbonyl (C=O) groups is 2. The Balaban J connectivity index is 1.55. The number of carboxylic acid groups (broad SMARTS) is 1. The third-order valence-electron chi connectivity index (χ3n) is 5.72. The lowest BCUT2D eigenvalue weighted by Gasteiger charge is -2.36. The molecule has 3 rings (SSSR count). The number of likely N-dealkylation sites (tertiary alicyclic amines) is 2. The number of hydrogen-bond acceptors (Lipinski definition) is 3. The zero-order valence-electron chi connectivity index (χ0n) is 15.6. The zero-order valence-corrected chi connectivity index (χ0v) is 15.6. The van der Waals surface area contributed by atoms with Gasteiger partial charge in [0.15, 0.2) is 0 Å². The van der Waals surface area contributed by atoms with E-state index >= 15 is 0 Å². The highest BCUT2D eigenvalue weighted by molar-refractivity contribution is 5.77. The fraction of sp³-hybridized carbons (Fsp3) is 0.600. The van der Waals surface area contributed by atoms with E-state index in [1.807, 2.05) is 25.1 Å². The average molecular weight is 359 g/mol. The summed E-state index contributed by atoms with van der Waals surface area (Å²) in [5, 5.41) is 12.4. The SMILES string of the molecule is CC1CC(C(=O)O)CN(C(=O)NC2CCN(Cc3ccccc3)C2C)C1. The summed E-state index contributed by atoms with van der Waals surface area (Å²) in [4.78, 5) is 28.1. The van der Waals surface area contributed by atoms with Crippen LogP contribution in [-0.2, 0) is 11.3 Å². The van der Waals surface area contributed by atoms with Crippen molar-refractivity contribution < 1.29 is 14.7 Å². The lowest BCUT2D eigenvalue weighted by atomic mass is 9.91. The Morgan fingerprint density at radius 2 is 1.92 bits per heavy atom. The van der Waals surface area contributed by atoms with E-state index in [0.29, 0.717) is 19.5 Å². The molecule has 0 saturated carbocycles. The van der Waals surface area contributed by atoms with Crippen LogP contribution in [0.5, 0.6) is 0 Å². The molecule has 0 aliphatic carbocycles. The summed E-state index contributed by atoms with van der Waals surface area (Å²) in [6, 6.07) is 10.6. The highest BCUT2D eigenvalue weighted by Gasteiger charge is 2.35. The van der Waals surface area contributed by atoms with Crippen LogP contribution in [0.4, 0.5) is 4.79 Å². The number of benzene rings is 1. The first kappa shape index (κ1) is 18.7. The van der Waals surface area contributed by atoms with E-state index in [0.717, 1.165) is 19.5 Å². The molecule has 2 aliphatic rings. The van der Waals surface area contributed by atoms with Crippen LogP contribution in [-0.4, -0.2) is 58.6 Å². The first-order valence-corrected chi connectivity index (χ1v) is 9.50. The molecular formula is C20H29N3O3. The minimum absolute atomic E-state index is 0.103. The summed E-state index contributed by atoms with van der Waals surface area (Å²) in [5.41, 5.74) is 1.28. The maximum absolute atomic E-state index is 12.7. The van der Waals surface area contributed by atoms with Crippen LogP contribution in [0, 0.1) is 11.8 Å². The molecule has 2 heterocycles. The second-order valence-corrected chi connectivity index (χ2v) is 7.82. The lowest BCUT2D eigenvalue weighted by molar-refractivity contribution is -0.143. The summed E-state index contributed by atoms with van der Waals surface area (Å²) in [5.74, 6) is -1.05. The second-order valence-electron chi connectivity index (χ2n) is 7.82.